The van der Waals surface area contributed by atoms with E-state index >= 15 is 0 Å². The van der Waals surface area contributed by atoms with E-state index in [0.717, 1.165) is 30.4 Å². The van der Waals surface area contributed by atoms with Crippen molar-refractivity contribution in [2.45, 2.75) is 26.2 Å². The quantitative estimate of drug-likeness (QED) is 0.736. The fourth-order valence-corrected chi connectivity index (χ4v) is 2.43. The number of halogens is 1. The first-order valence-corrected chi connectivity index (χ1v) is 5.70. The maximum Gasteiger partial charge on any atom is 0.172 e. The van der Waals surface area contributed by atoms with Gasteiger partial charge in [0.15, 0.2) is 11.6 Å². The summed E-state index contributed by atoms with van der Waals surface area (Å²) in [6.45, 7) is 6.16. The summed E-state index contributed by atoms with van der Waals surface area (Å²) in [5.74, 6) is 0.669. The van der Waals surface area contributed by atoms with Crippen molar-refractivity contribution in [3.63, 3.8) is 0 Å². The lowest BCUT2D eigenvalue weighted by Gasteiger charge is -2.26. The second-order valence-electron chi connectivity index (χ2n) is 4.40. The average molecular weight is 220 g/mol. The number of rotatable bonds is 2. The van der Waals surface area contributed by atoms with Crippen LogP contribution in [0.2, 0.25) is 0 Å². The van der Waals surface area contributed by atoms with Gasteiger partial charge in [-0.15, -0.1) is 0 Å². The topological polar surface area (TPSA) is 9.23 Å². The van der Waals surface area contributed by atoms with E-state index in [9.17, 15) is 4.39 Å². The van der Waals surface area contributed by atoms with Crippen LogP contribution >= 0.6 is 0 Å². The van der Waals surface area contributed by atoms with Gasteiger partial charge in [0.05, 0.1) is 7.11 Å². The highest BCUT2D eigenvalue weighted by atomic mass is 19.1. The van der Waals surface area contributed by atoms with E-state index in [2.05, 4.69) is 13.5 Å². The predicted molar refractivity (Wildman–Crippen MR) is 64.1 cm³/mol. The summed E-state index contributed by atoms with van der Waals surface area (Å²) < 4.78 is 19.0. The number of allylic oxidation sites excluding steroid dienone is 1. The highest BCUT2D eigenvalue weighted by Gasteiger charge is 2.24. The fourth-order valence-electron chi connectivity index (χ4n) is 2.43. The molecule has 1 nitrogen and oxygen atoms in total. The van der Waals surface area contributed by atoms with E-state index in [0.29, 0.717) is 17.2 Å². The van der Waals surface area contributed by atoms with Gasteiger partial charge in [0, 0.05) is 5.56 Å². The second kappa shape index (κ2) is 4.28. The summed E-state index contributed by atoms with van der Waals surface area (Å²) in [6, 6.07) is 3.67. The van der Waals surface area contributed by atoms with Crippen LogP contribution in [0.1, 0.15) is 30.9 Å². The van der Waals surface area contributed by atoms with E-state index in [4.69, 9.17) is 4.74 Å². The Morgan fingerprint density at radius 3 is 2.81 bits per heavy atom. The summed E-state index contributed by atoms with van der Waals surface area (Å²) in [5.41, 5.74) is 2.66. The van der Waals surface area contributed by atoms with Gasteiger partial charge in [-0.05, 0) is 36.0 Å². The first-order valence-electron chi connectivity index (χ1n) is 5.70. The Bertz CT molecular complexity index is 423. The molecule has 0 aromatic heterocycles. The molecule has 0 saturated heterocycles. The van der Waals surface area contributed by atoms with Gasteiger partial charge < -0.3 is 4.74 Å². The summed E-state index contributed by atoms with van der Waals surface area (Å²) in [4.78, 5) is 0. The van der Waals surface area contributed by atoms with Crippen LogP contribution in [0.15, 0.2) is 18.7 Å². The van der Waals surface area contributed by atoms with Gasteiger partial charge in [-0.2, -0.15) is 0 Å². The smallest absolute Gasteiger partial charge is 0.172 e. The second-order valence-corrected chi connectivity index (χ2v) is 4.40. The number of methoxy groups -OCH3 is 1. The fraction of sp³-hybridized carbons (Fsp3) is 0.429. The Kier molecular flexibility index (Phi) is 2.99. The number of hydrogen-bond acceptors (Lipinski definition) is 1. The summed E-state index contributed by atoms with van der Waals surface area (Å²) in [5, 5.41) is 0. The lowest BCUT2D eigenvalue weighted by Crippen LogP contribution is -2.14. The number of fused-ring (bicyclic) bond motifs is 1. The number of hydrogen-bond donors (Lipinski definition) is 0. The third kappa shape index (κ3) is 1.73. The summed E-state index contributed by atoms with van der Waals surface area (Å²) in [7, 11) is 1.49. The maximum absolute atomic E-state index is 14.1. The van der Waals surface area contributed by atoms with E-state index in [1.807, 2.05) is 6.07 Å². The molecule has 0 N–H and O–H groups in total. The first kappa shape index (κ1) is 11.2. The van der Waals surface area contributed by atoms with Crippen LogP contribution in [-0.2, 0) is 6.42 Å². The number of ether oxygens (including phenoxy) is 1. The minimum atomic E-state index is -0.250. The van der Waals surface area contributed by atoms with E-state index in [1.54, 1.807) is 6.07 Å². The molecule has 0 heterocycles. The minimum absolute atomic E-state index is 0.250. The molecule has 1 aromatic carbocycles. The molecule has 86 valence electrons. The molecule has 2 heteroatoms. The monoisotopic (exact) mass is 220 g/mol. The van der Waals surface area contributed by atoms with Crippen molar-refractivity contribution in [2.75, 3.05) is 7.11 Å². The highest BCUT2D eigenvalue weighted by molar-refractivity contribution is 5.70. The van der Waals surface area contributed by atoms with Crippen molar-refractivity contribution in [2.24, 2.45) is 5.92 Å². The SMILES string of the molecule is C=C1CC(CC)Cc2ccc(OC)c(F)c21. The molecule has 0 aliphatic heterocycles. The molecule has 0 radical (unpaired) electrons. The zero-order chi connectivity index (χ0) is 11.7. The predicted octanol–water partition coefficient (Wildman–Crippen LogP) is 3.82. The van der Waals surface area contributed by atoms with Crippen molar-refractivity contribution in [3.05, 3.63) is 35.7 Å². The number of benzene rings is 1. The van der Waals surface area contributed by atoms with Gasteiger partial charge >= 0.3 is 0 Å². The van der Waals surface area contributed by atoms with Crippen LogP contribution in [-0.4, -0.2) is 7.11 Å². The Labute approximate surface area is 95.9 Å². The van der Waals surface area contributed by atoms with Crippen molar-refractivity contribution in [1.29, 1.82) is 0 Å². The van der Waals surface area contributed by atoms with Crippen molar-refractivity contribution < 1.29 is 9.13 Å². The van der Waals surface area contributed by atoms with Crippen LogP contribution in [0.25, 0.3) is 5.57 Å². The lowest BCUT2D eigenvalue weighted by atomic mass is 9.79. The van der Waals surface area contributed by atoms with E-state index in [-0.39, 0.29) is 5.82 Å². The molecule has 0 saturated carbocycles. The van der Waals surface area contributed by atoms with Crippen molar-refractivity contribution >= 4 is 5.57 Å². The third-order valence-electron chi connectivity index (χ3n) is 3.39. The molecule has 0 fully saturated rings. The minimum Gasteiger partial charge on any atom is -0.494 e. The molecule has 0 spiro atoms. The zero-order valence-corrected chi connectivity index (χ0v) is 9.85. The molecule has 1 aromatic rings. The van der Waals surface area contributed by atoms with Gasteiger partial charge in [0.25, 0.3) is 0 Å². The molecule has 1 atom stereocenters. The third-order valence-corrected chi connectivity index (χ3v) is 3.39. The molecule has 2 rings (SSSR count). The Hall–Kier alpha value is -1.31. The van der Waals surface area contributed by atoms with Gasteiger partial charge in [-0.3, -0.25) is 0 Å². The molecular formula is C14H17FO. The van der Waals surface area contributed by atoms with Crippen LogP contribution in [0.5, 0.6) is 5.75 Å². The van der Waals surface area contributed by atoms with Crippen molar-refractivity contribution in [1.82, 2.24) is 0 Å². The van der Waals surface area contributed by atoms with Gasteiger partial charge in [0.2, 0.25) is 0 Å². The average Bonchev–Trinajstić information content (AvgIpc) is 2.28. The van der Waals surface area contributed by atoms with Crippen LogP contribution < -0.4 is 4.74 Å². The normalized spacial score (nSPS) is 19.4. The van der Waals surface area contributed by atoms with Crippen LogP contribution in [0.3, 0.4) is 0 Å². The molecule has 0 amide bonds. The first-order chi connectivity index (χ1) is 7.67. The van der Waals surface area contributed by atoms with Crippen LogP contribution in [0.4, 0.5) is 4.39 Å². The van der Waals surface area contributed by atoms with Gasteiger partial charge in [-0.1, -0.05) is 26.0 Å². The lowest BCUT2D eigenvalue weighted by molar-refractivity contribution is 0.383. The molecular weight excluding hydrogens is 203 g/mol. The Morgan fingerprint density at radius 1 is 1.44 bits per heavy atom. The zero-order valence-electron chi connectivity index (χ0n) is 9.85. The Balaban J connectivity index is 2.48. The maximum atomic E-state index is 14.1. The molecule has 1 aliphatic rings. The molecule has 0 bridgehead atoms. The largest absolute Gasteiger partial charge is 0.494 e. The van der Waals surface area contributed by atoms with E-state index in [1.165, 1.54) is 7.11 Å². The van der Waals surface area contributed by atoms with Gasteiger partial charge in [0.1, 0.15) is 0 Å². The van der Waals surface area contributed by atoms with Crippen molar-refractivity contribution in [3.8, 4) is 5.75 Å². The van der Waals surface area contributed by atoms with Crippen LogP contribution in [0, 0.1) is 11.7 Å². The van der Waals surface area contributed by atoms with E-state index < -0.39 is 0 Å². The summed E-state index contributed by atoms with van der Waals surface area (Å²) >= 11 is 0. The molecule has 16 heavy (non-hydrogen) atoms. The molecule has 1 aliphatic carbocycles. The summed E-state index contributed by atoms with van der Waals surface area (Å²) in [6.07, 6.45) is 2.96. The Morgan fingerprint density at radius 2 is 2.19 bits per heavy atom. The standard InChI is InChI=1S/C14H17FO/c1-4-10-7-9(2)13-11(8-10)5-6-12(16-3)14(13)15/h5-6,10H,2,4,7-8H2,1,3H3. The molecule has 1 unspecified atom stereocenters. The highest BCUT2D eigenvalue weighted by Crippen LogP contribution is 2.38. The van der Waals surface area contributed by atoms with Gasteiger partial charge in [-0.25, -0.2) is 4.39 Å².